The fourth-order valence-electron chi connectivity index (χ4n) is 9.24. The van der Waals surface area contributed by atoms with Gasteiger partial charge >= 0.3 is 0 Å². The molecular weight excluding hydrogens is 743 g/mol. The van der Waals surface area contributed by atoms with E-state index >= 15 is 0 Å². The van der Waals surface area contributed by atoms with Crippen LogP contribution in [0.4, 0.5) is 17.1 Å². The molecule has 0 N–H and O–H groups in total. The lowest BCUT2D eigenvalue weighted by atomic mass is 9.95. The molecule has 0 saturated heterocycles. The van der Waals surface area contributed by atoms with Crippen LogP contribution in [0.2, 0.25) is 0 Å². The van der Waals surface area contributed by atoms with Crippen LogP contribution in [0.3, 0.4) is 0 Å². The molecule has 0 fully saturated rings. The number of furan rings is 2. The maximum atomic E-state index is 7.08. The molecule has 3 nitrogen and oxygen atoms in total. The number of anilines is 3. The number of hydrogen-bond donors (Lipinski definition) is 0. The highest BCUT2D eigenvalue weighted by molar-refractivity contribution is 6.22. The maximum absolute atomic E-state index is 7.08. The molecule has 0 amide bonds. The van der Waals surface area contributed by atoms with Gasteiger partial charge in [-0.05, 0) is 98.9 Å². The lowest BCUT2D eigenvalue weighted by Crippen LogP contribution is -2.11. The molecule has 12 rings (SSSR count). The molecule has 0 bridgehead atoms. The molecule has 0 radical (unpaired) electrons. The summed E-state index contributed by atoms with van der Waals surface area (Å²) in [6.07, 6.45) is 0. The van der Waals surface area contributed by atoms with Crippen molar-refractivity contribution in [1.82, 2.24) is 0 Å². The Morgan fingerprint density at radius 1 is 0.262 bits per heavy atom. The van der Waals surface area contributed by atoms with E-state index in [-0.39, 0.29) is 0 Å². The molecule has 0 aliphatic rings. The van der Waals surface area contributed by atoms with E-state index in [1.807, 2.05) is 0 Å². The van der Waals surface area contributed by atoms with Gasteiger partial charge in [0.25, 0.3) is 0 Å². The molecule has 0 atom stereocenters. The Labute approximate surface area is 353 Å². The molecule has 0 aliphatic carbocycles. The molecule has 0 aliphatic heterocycles. The first-order valence-corrected chi connectivity index (χ1v) is 20.7. The highest BCUT2D eigenvalue weighted by Gasteiger charge is 2.27. The Bertz CT molecular complexity index is 3570. The Morgan fingerprint density at radius 3 is 1.39 bits per heavy atom. The average Bonchev–Trinajstić information content (AvgIpc) is 3.91. The fourth-order valence-corrected chi connectivity index (χ4v) is 9.24. The van der Waals surface area contributed by atoms with Crippen molar-refractivity contribution in [3.63, 3.8) is 0 Å². The smallest absolute Gasteiger partial charge is 0.145 e. The van der Waals surface area contributed by atoms with E-state index < -0.39 is 0 Å². The van der Waals surface area contributed by atoms with Crippen LogP contribution in [0.5, 0.6) is 0 Å². The van der Waals surface area contributed by atoms with Gasteiger partial charge in [0.05, 0.1) is 27.8 Å². The maximum Gasteiger partial charge on any atom is 0.145 e. The average molecular weight is 780 g/mol. The summed E-state index contributed by atoms with van der Waals surface area (Å²) in [6, 6.07) is 79.7. The Balaban J connectivity index is 1.18. The summed E-state index contributed by atoms with van der Waals surface area (Å²) in [5.74, 6) is 0. The van der Waals surface area contributed by atoms with Crippen LogP contribution in [0.15, 0.2) is 233 Å². The van der Waals surface area contributed by atoms with Gasteiger partial charge in [0.15, 0.2) is 0 Å². The fraction of sp³-hybridized carbons (Fsp3) is 0. The Kier molecular flexibility index (Phi) is 8.17. The van der Waals surface area contributed by atoms with Crippen molar-refractivity contribution < 1.29 is 8.83 Å². The quantitative estimate of drug-likeness (QED) is 0.161. The molecule has 0 unspecified atom stereocenters. The molecule has 10 aromatic carbocycles. The van der Waals surface area contributed by atoms with E-state index in [0.29, 0.717) is 0 Å². The largest absolute Gasteiger partial charge is 0.456 e. The molecule has 0 spiro atoms. The zero-order valence-corrected chi connectivity index (χ0v) is 33.1. The Hall–Kier alpha value is -8.14. The van der Waals surface area contributed by atoms with Crippen molar-refractivity contribution in [2.45, 2.75) is 0 Å². The van der Waals surface area contributed by atoms with Gasteiger partial charge in [-0.1, -0.05) is 170 Å². The van der Waals surface area contributed by atoms with E-state index in [1.54, 1.807) is 0 Å². The summed E-state index contributed by atoms with van der Waals surface area (Å²) >= 11 is 0. The summed E-state index contributed by atoms with van der Waals surface area (Å²) in [6.45, 7) is 0. The Morgan fingerprint density at radius 2 is 0.754 bits per heavy atom. The normalized spacial score (nSPS) is 11.6. The molecule has 286 valence electrons. The van der Waals surface area contributed by atoms with Crippen molar-refractivity contribution in [1.29, 1.82) is 0 Å². The van der Waals surface area contributed by atoms with Crippen LogP contribution in [0.1, 0.15) is 0 Å². The highest BCUT2D eigenvalue weighted by atomic mass is 16.3. The van der Waals surface area contributed by atoms with Gasteiger partial charge in [0.1, 0.15) is 22.3 Å². The molecule has 61 heavy (non-hydrogen) atoms. The SMILES string of the molecule is c1ccc(-c2ccc3c(c2)oc2cccc(N(c4ccc(-c5ccccc5)c5ccccc45)c4ccc(-c5ccccc5)c5oc6cc(-c7ccccc7)ccc6c45)c23)cc1. The van der Waals surface area contributed by atoms with Crippen LogP contribution in [0.25, 0.3) is 99.2 Å². The number of benzene rings is 10. The first kappa shape index (κ1) is 34.9. The van der Waals surface area contributed by atoms with Gasteiger partial charge in [-0.3, -0.25) is 0 Å². The second-order valence-corrected chi connectivity index (χ2v) is 15.6. The summed E-state index contributed by atoms with van der Waals surface area (Å²) in [4.78, 5) is 2.44. The van der Waals surface area contributed by atoms with Crippen molar-refractivity contribution in [3.05, 3.63) is 224 Å². The molecule has 3 heteroatoms. The summed E-state index contributed by atoms with van der Waals surface area (Å²) in [5, 5.41) is 6.52. The first-order chi connectivity index (χ1) is 30.3. The third-order valence-corrected chi connectivity index (χ3v) is 12.1. The predicted octanol–water partition coefficient (Wildman–Crippen LogP) is 16.8. The van der Waals surface area contributed by atoms with Crippen molar-refractivity contribution in [2.24, 2.45) is 0 Å². The van der Waals surface area contributed by atoms with Gasteiger partial charge in [-0.15, -0.1) is 0 Å². The molecular formula is C58H37NO2. The van der Waals surface area contributed by atoms with E-state index in [0.717, 1.165) is 99.7 Å². The predicted molar refractivity (Wildman–Crippen MR) is 255 cm³/mol. The monoisotopic (exact) mass is 779 g/mol. The second kappa shape index (κ2) is 14.3. The van der Waals surface area contributed by atoms with Gasteiger partial charge in [0, 0.05) is 21.7 Å². The van der Waals surface area contributed by atoms with E-state index in [1.165, 1.54) is 16.5 Å². The molecule has 2 aromatic heterocycles. The minimum Gasteiger partial charge on any atom is -0.456 e. The zero-order valence-electron chi connectivity index (χ0n) is 33.1. The van der Waals surface area contributed by atoms with Crippen LogP contribution >= 0.6 is 0 Å². The van der Waals surface area contributed by atoms with E-state index in [2.05, 4.69) is 229 Å². The van der Waals surface area contributed by atoms with E-state index in [9.17, 15) is 0 Å². The topological polar surface area (TPSA) is 29.5 Å². The summed E-state index contributed by atoms with van der Waals surface area (Å²) < 4.78 is 13.9. The summed E-state index contributed by atoms with van der Waals surface area (Å²) in [7, 11) is 0. The van der Waals surface area contributed by atoms with Crippen LogP contribution in [-0.2, 0) is 0 Å². The van der Waals surface area contributed by atoms with Gasteiger partial charge in [-0.2, -0.15) is 0 Å². The number of rotatable bonds is 7. The van der Waals surface area contributed by atoms with Crippen LogP contribution in [0, 0.1) is 0 Å². The number of fused-ring (bicyclic) bond motifs is 7. The van der Waals surface area contributed by atoms with E-state index in [4.69, 9.17) is 8.83 Å². The zero-order chi connectivity index (χ0) is 40.3. The summed E-state index contributed by atoms with van der Waals surface area (Å²) in [5.41, 5.74) is 15.5. The molecule has 12 aromatic rings. The van der Waals surface area contributed by atoms with Crippen LogP contribution < -0.4 is 4.90 Å². The van der Waals surface area contributed by atoms with Crippen LogP contribution in [-0.4, -0.2) is 0 Å². The van der Waals surface area contributed by atoms with Gasteiger partial charge in [0.2, 0.25) is 0 Å². The number of nitrogens with zero attached hydrogens (tertiary/aromatic N) is 1. The second-order valence-electron chi connectivity index (χ2n) is 15.6. The molecule has 2 heterocycles. The third kappa shape index (κ3) is 5.82. The third-order valence-electron chi connectivity index (χ3n) is 12.1. The lowest BCUT2D eigenvalue weighted by molar-refractivity contribution is 0.669. The minimum absolute atomic E-state index is 0.828. The first-order valence-electron chi connectivity index (χ1n) is 20.7. The molecule has 0 saturated carbocycles. The number of hydrogen-bond acceptors (Lipinski definition) is 3. The van der Waals surface area contributed by atoms with Gasteiger partial charge in [-0.25, -0.2) is 0 Å². The lowest BCUT2D eigenvalue weighted by Gasteiger charge is -2.29. The van der Waals surface area contributed by atoms with Crippen molar-refractivity contribution >= 4 is 71.7 Å². The minimum atomic E-state index is 0.828. The standard InChI is InChI=1S/C58H37NO2/c1-5-16-38(17-6-1)42-28-30-48-54(36-42)60-53-27-15-26-51(56(48)53)59(50-34-32-44(40-20-9-3-10-21-40)46-24-13-14-25-47(46)50)52-35-33-45(41-22-11-4-12-23-41)58-57(52)49-31-29-43(37-55(49)61-58)39-18-7-2-8-19-39/h1-37H. The van der Waals surface area contributed by atoms with Gasteiger partial charge < -0.3 is 13.7 Å². The van der Waals surface area contributed by atoms with Crippen molar-refractivity contribution in [2.75, 3.05) is 4.90 Å². The highest BCUT2D eigenvalue weighted by Crippen LogP contribution is 2.51. The van der Waals surface area contributed by atoms with Crippen molar-refractivity contribution in [3.8, 4) is 44.5 Å².